The lowest BCUT2D eigenvalue weighted by Crippen LogP contribution is -2.27. The van der Waals surface area contributed by atoms with Crippen molar-refractivity contribution >= 4 is 11.9 Å². The van der Waals surface area contributed by atoms with Gasteiger partial charge in [-0.25, -0.2) is 4.98 Å². The zero-order valence-electron chi connectivity index (χ0n) is 12.3. The Bertz CT molecular complexity index is 519. The molecule has 116 valence electrons. The molecule has 0 saturated heterocycles. The summed E-state index contributed by atoms with van der Waals surface area (Å²) in [6.07, 6.45) is 1.37. The van der Waals surface area contributed by atoms with Crippen LogP contribution in [0.2, 0.25) is 0 Å². The molecule has 1 rings (SSSR count). The summed E-state index contributed by atoms with van der Waals surface area (Å²) in [6.45, 7) is 3.50. The smallest absolute Gasteiger partial charge is 0.325 e. The zero-order chi connectivity index (χ0) is 16.0. The molecule has 8 nitrogen and oxygen atoms in total. The SMILES string of the molecule is CCC(C)OC(=O)C(C(=O)O)c1cnc(OC)nc1OC. The average Bonchev–Trinajstić information content (AvgIpc) is 2.47. The van der Waals surface area contributed by atoms with Gasteiger partial charge in [0.25, 0.3) is 0 Å². The minimum absolute atomic E-state index is 0.00929. The third kappa shape index (κ3) is 4.04. The molecule has 1 N–H and O–H groups in total. The van der Waals surface area contributed by atoms with Crippen molar-refractivity contribution in [1.82, 2.24) is 9.97 Å². The van der Waals surface area contributed by atoms with Gasteiger partial charge in [-0.1, -0.05) is 6.92 Å². The summed E-state index contributed by atoms with van der Waals surface area (Å²) in [5.41, 5.74) is 0.0131. The molecule has 0 aliphatic carbocycles. The van der Waals surface area contributed by atoms with E-state index >= 15 is 0 Å². The fourth-order valence-electron chi connectivity index (χ4n) is 1.53. The number of carboxylic acids is 1. The van der Waals surface area contributed by atoms with Crippen molar-refractivity contribution in [3.05, 3.63) is 11.8 Å². The molecule has 0 amide bonds. The van der Waals surface area contributed by atoms with Crippen LogP contribution in [0.5, 0.6) is 11.9 Å². The van der Waals surface area contributed by atoms with Crippen molar-refractivity contribution in [2.45, 2.75) is 32.3 Å². The van der Waals surface area contributed by atoms with Crippen LogP contribution in [0.15, 0.2) is 6.20 Å². The lowest BCUT2D eigenvalue weighted by atomic mass is 10.0. The van der Waals surface area contributed by atoms with Gasteiger partial charge >= 0.3 is 17.9 Å². The maximum absolute atomic E-state index is 12.0. The minimum atomic E-state index is -1.56. The number of rotatable bonds is 7. The van der Waals surface area contributed by atoms with Crippen LogP contribution >= 0.6 is 0 Å². The number of carboxylic acid groups (broad SMARTS) is 1. The van der Waals surface area contributed by atoms with Crippen LogP contribution in [0, 0.1) is 0 Å². The summed E-state index contributed by atoms with van der Waals surface area (Å²) < 4.78 is 14.9. The lowest BCUT2D eigenvalue weighted by Gasteiger charge is -2.17. The van der Waals surface area contributed by atoms with Crippen molar-refractivity contribution in [2.75, 3.05) is 14.2 Å². The van der Waals surface area contributed by atoms with Gasteiger partial charge in [-0.3, -0.25) is 9.59 Å². The zero-order valence-corrected chi connectivity index (χ0v) is 12.3. The van der Waals surface area contributed by atoms with Gasteiger partial charge in [0.2, 0.25) is 5.88 Å². The van der Waals surface area contributed by atoms with E-state index in [1.54, 1.807) is 6.92 Å². The quantitative estimate of drug-likeness (QED) is 0.586. The molecule has 0 aromatic carbocycles. The fraction of sp³-hybridized carbons (Fsp3) is 0.538. The Morgan fingerprint density at radius 1 is 1.33 bits per heavy atom. The predicted octanol–water partition coefficient (Wildman–Crippen LogP) is 1.00. The summed E-state index contributed by atoms with van der Waals surface area (Å²) in [6, 6.07) is 0.00929. The number of hydrogen-bond acceptors (Lipinski definition) is 7. The Balaban J connectivity index is 3.17. The Morgan fingerprint density at radius 2 is 2.00 bits per heavy atom. The van der Waals surface area contributed by atoms with Crippen LogP contribution in [0.4, 0.5) is 0 Å². The van der Waals surface area contributed by atoms with Gasteiger partial charge in [0.15, 0.2) is 5.92 Å². The molecule has 2 unspecified atom stereocenters. The summed E-state index contributed by atoms with van der Waals surface area (Å²) in [5, 5.41) is 9.29. The van der Waals surface area contributed by atoms with Crippen molar-refractivity contribution in [1.29, 1.82) is 0 Å². The standard InChI is InChI=1S/C13H18N2O6/c1-5-7(2)21-12(18)9(11(16)17)8-6-14-13(20-4)15-10(8)19-3/h6-7,9H,5H2,1-4H3,(H,16,17). The number of aliphatic carboxylic acids is 1. The van der Waals surface area contributed by atoms with Gasteiger partial charge in [-0.15, -0.1) is 0 Å². The molecule has 0 bridgehead atoms. The summed E-state index contributed by atoms with van der Waals surface area (Å²) in [5.74, 6) is -3.85. The number of hydrogen-bond donors (Lipinski definition) is 1. The molecule has 1 aromatic rings. The molecule has 1 heterocycles. The minimum Gasteiger partial charge on any atom is -0.481 e. The van der Waals surface area contributed by atoms with Crippen molar-refractivity contribution in [2.24, 2.45) is 0 Å². The topological polar surface area (TPSA) is 108 Å². The summed E-state index contributed by atoms with van der Waals surface area (Å²) in [7, 11) is 2.67. The molecule has 0 radical (unpaired) electrons. The Labute approximate surface area is 122 Å². The van der Waals surface area contributed by atoms with Crippen molar-refractivity contribution in [3.8, 4) is 11.9 Å². The summed E-state index contributed by atoms with van der Waals surface area (Å²) >= 11 is 0. The highest BCUT2D eigenvalue weighted by atomic mass is 16.5. The lowest BCUT2D eigenvalue weighted by molar-refractivity contribution is -0.157. The number of methoxy groups -OCH3 is 2. The summed E-state index contributed by atoms with van der Waals surface area (Å²) in [4.78, 5) is 31.1. The van der Waals surface area contributed by atoms with E-state index in [4.69, 9.17) is 14.2 Å². The van der Waals surface area contributed by atoms with Gasteiger partial charge in [0.1, 0.15) is 0 Å². The van der Waals surface area contributed by atoms with E-state index in [-0.39, 0.29) is 23.6 Å². The maximum atomic E-state index is 12.0. The van der Waals surface area contributed by atoms with Gasteiger partial charge in [-0.05, 0) is 13.3 Å². The molecule has 21 heavy (non-hydrogen) atoms. The van der Waals surface area contributed by atoms with E-state index in [0.717, 1.165) is 0 Å². The molecule has 8 heteroatoms. The highest BCUT2D eigenvalue weighted by Gasteiger charge is 2.34. The van der Waals surface area contributed by atoms with Gasteiger partial charge < -0.3 is 19.3 Å². The van der Waals surface area contributed by atoms with E-state index in [9.17, 15) is 14.7 Å². The molecule has 2 atom stereocenters. The van der Waals surface area contributed by atoms with Crippen LogP contribution in [-0.2, 0) is 14.3 Å². The van der Waals surface area contributed by atoms with E-state index in [1.807, 2.05) is 6.92 Å². The van der Waals surface area contributed by atoms with E-state index < -0.39 is 17.9 Å². The second kappa shape index (κ2) is 7.41. The van der Waals surface area contributed by atoms with Crippen molar-refractivity contribution < 1.29 is 28.9 Å². The number of esters is 1. The second-order valence-corrected chi connectivity index (χ2v) is 4.25. The van der Waals surface area contributed by atoms with E-state index in [0.29, 0.717) is 6.42 Å². The molecule has 0 aliphatic rings. The highest BCUT2D eigenvalue weighted by molar-refractivity contribution is 6.00. The number of ether oxygens (including phenoxy) is 3. The van der Waals surface area contributed by atoms with E-state index in [2.05, 4.69) is 9.97 Å². The first-order chi connectivity index (χ1) is 9.94. The molecule has 0 aliphatic heterocycles. The third-order valence-electron chi connectivity index (χ3n) is 2.82. The Kier molecular flexibility index (Phi) is 5.89. The maximum Gasteiger partial charge on any atom is 0.325 e. The van der Waals surface area contributed by atoms with Gasteiger partial charge in [0, 0.05) is 6.20 Å². The molecule has 0 spiro atoms. The Morgan fingerprint density at radius 3 is 2.48 bits per heavy atom. The van der Waals surface area contributed by atoms with Crippen LogP contribution < -0.4 is 9.47 Å². The Hall–Kier alpha value is -2.38. The number of carbonyl (C=O) groups is 2. The average molecular weight is 298 g/mol. The normalized spacial score (nSPS) is 13.1. The van der Waals surface area contributed by atoms with E-state index in [1.165, 1.54) is 20.4 Å². The first-order valence-corrected chi connectivity index (χ1v) is 6.32. The van der Waals surface area contributed by atoms with Crippen LogP contribution in [0.1, 0.15) is 31.7 Å². The van der Waals surface area contributed by atoms with Gasteiger partial charge in [0.05, 0.1) is 25.9 Å². The van der Waals surface area contributed by atoms with Crippen LogP contribution in [0.3, 0.4) is 0 Å². The molecule has 1 aromatic heterocycles. The first kappa shape index (κ1) is 16.7. The van der Waals surface area contributed by atoms with Crippen LogP contribution in [0.25, 0.3) is 0 Å². The first-order valence-electron chi connectivity index (χ1n) is 6.32. The molecular weight excluding hydrogens is 280 g/mol. The van der Waals surface area contributed by atoms with Crippen molar-refractivity contribution in [3.63, 3.8) is 0 Å². The molecule has 0 fully saturated rings. The number of aromatic nitrogens is 2. The van der Waals surface area contributed by atoms with Crippen LogP contribution in [-0.4, -0.2) is 47.3 Å². The number of carbonyl (C=O) groups excluding carboxylic acids is 1. The fourth-order valence-corrected chi connectivity index (χ4v) is 1.53. The second-order valence-electron chi connectivity index (χ2n) is 4.25. The monoisotopic (exact) mass is 298 g/mol. The van der Waals surface area contributed by atoms with Gasteiger partial charge in [-0.2, -0.15) is 4.98 Å². The third-order valence-corrected chi connectivity index (χ3v) is 2.82. The highest BCUT2D eigenvalue weighted by Crippen LogP contribution is 2.27. The number of nitrogens with zero attached hydrogens (tertiary/aromatic N) is 2. The molecule has 0 saturated carbocycles. The molecular formula is C13H18N2O6. The largest absolute Gasteiger partial charge is 0.481 e. The predicted molar refractivity (Wildman–Crippen MR) is 71.4 cm³/mol.